The first kappa shape index (κ1) is 15.5. The number of nitrogens with one attached hydrogen (secondary N) is 2. The monoisotopic (exact) mass is 341 g/mol. The summed E-state index contributed by atoms with van der Waals surface area (Å²) in [7, 11) is 0. The van der Waals surface area contributed by atoms with E-state index in [9.17, 15) is 4.79 Å². The zero-order valence-corrected chi connectivity index (χ0v) is 13.8. The van der Waals surface area contributed by atoms with Crippen LogP contribution in [0.2, 0.25) is 0 Å². The molecule has 0 aliphatic carbocycles. The summed E-state index contributed by atoms with van der Waals surface area (Å²) in [5, 5.41) is 2.97. The van der Waals surface area contributed by atoms with Gasteiger partial charge in [0.25, 0.3) is 5.91 Å². The number of hydrogen-bond acceptors (Lipinski definition) is 2. The van der Waals surface area contributed by atoms with Gasteiger partial charge in [-0.15, -0.1) is 0 Å². The topological polar surface area (TPSA) is 42.8 Å². The zero-order chi connectivity index (χ0) is 14.7. The number of ether oxygens (including phenoxy) is 1. The maximum absolute atomic E-state index is 12.1. The second kappa shape index (κ2) is 6.70. The van der Waals surface area contributed by atoms with Gasteiger partial charge in [-0.25, -0.2) is 0 Å². The number of amides is 1. The third kappa shape index (κ3) is 4.30. The molecular weight excluding hydrogens is 320 g/mol. The fourth-order valence-electron chi connectivity index (χ4n) is 2.69. The lowest BCUT2D eigenvalue weighted by molar-refractivity contribution is -0.907. The standard InChI is InChI=1S/C15H21BrN2O2/c1-10-6-13(4-5-14(10)16)17-15(19)9-18-7-11(2)20-12(3)8-18/h4-6,11-12H,7-9H2,1-3H3,(H,17,19)/p+1/t11-,12-/m0/s1. The Morgan fingerprint density at radius 3 is 2.65 bits per heavy atom. The number of halogens is 1. The van der Waals surface area contributed by atoms with Crippen molar-refractivity contribution in [3.8, 4) is 0 Å². The Balaban J connectivity index is 1.90. The van der Waals surface area contributed by atoms with Crippen LogP contribution in [0.5, 0.6) is 0 Å². The lowest BCUT2D eigenvalue weighted by Crippen LogP contribution is -3.16. The molecule has 1 aromatic rings. The minimum atomic E-state index is 0.0584. The minimum absolute atomic E-state index is 0.0584. The predicted molar refractivity (Wildman–Crippen MR) is 83.1 cm³/mol. The van der Waals surface area contributed by atoms with Crippen molar-refractivity contribution in [2.24, 2.45) is 0 Å². The summed E-state index contributed by atoms with van der Waals surface area (Å²) in [5.74, 6) is 0.0584. The first-order chi connectivity index (χ1) is 9.44. The molecule has 110 valence electrons. The normalized spacial score (nSPS) is 26.3. The molecule has 0 aromatic heterocycles. The van der Waals surface area contributed by atoms with Crippen LogP contribution in [-0.4, -0.2) is 37.7 Å². The van der Waals surface area contributed by atoms with E-state index in [-0.39, 0.29) is 18.1 Å². The molecule has 0 unspecified atom stereocenters. The van der Waals surface area contributed by atoms with E-state index in [2.05, 4.69) is 35.1 Å². The van der Waals surface area contributed by atoms with Crippen LogP contribution in [0.1, 0.15) is 19.4 Å². The fourth-order valence-corrected chi connectivity index (χ4v) is 2.93. The van der Waals surface area contributed by atoms with Gasteiger partial charge in [0.1, 0.15) is 25.3 Å². The SMILES string of the molecule is Cc1cc(NC(=O)C[NH+]2C[C@H](C)O[C@@H](C)C2)ccc1Br. The molecule has 0 saturated carbocycles. The van der Waals surface area contributed by atoms with Crippen molar-refractivity contribution < 1.29 is 14.4 Å². The van der Waals surface area contributed by atoms with E-state index in [0.29, 0.717) is 6.54 Å². The first-order valence-corrected chi connectivity index (χ1v) is 7.78. The highest BCUT2D eigenvalue weighted by Crippen LogP contribution is 2.19. The van der Waals surface area contributed by atoms with Gasteiger partial charge in [0.2, 0.25) is 0 Å². The van der Waals surface area contributed by atoms with Gasteiger partial charge in [-0.1, -0.05) is 15.9 Å². The van der Waals surface area contributed by atoms with E-state index in [1.54, 1.807) is 0 Å². The molecule has 0 spiro atoms. The Morgan fingerprint density at radius 1 is 1.40 bits per heavy atom. The van der Waals surface area contributed by atoms with Crippen molar-refractivity contribution in [2.75, 3.05) is 25.0 Å². The number of morpholine rings is 1. The van der Waals surface area contributed by atoms with Crippen molar-refractivity contribution in [2.45, 2.75) is 33.0 Å². The summed E-state index contributed by atoms with van der Waals surface area (Å²) in [6, 6.07) is 5.84. The van der Waals surface area contributed by atoms with Crippen molar-refractivity contribution in [1.82, 2.24) is 0 Å². The van der Waals surface area contributed by atoms with E-state index < -0.39 is 0 Å². The maximum Gasteiger partial charge on any atom is 0.279 e. The average Bonchev–Trinajstić information content (AvgIpc) is 2.32. The number of benzene rings is 1. The molecule has 2 atom stereocenters. The Morgan fingerprint density at radius 2 is 2.05 bits per heavy atom. The van der Waals surface area contributed by atoms with E-state index in [1.165, 1.54) is 4.90 Å². The number of aryl methyl sites for hydroxylation is 1. The number of rotatable bonds is 3. The molecule has 1 fully saturated rings. The highest BCUT2D eigenvalue weighted by atomic mass is 79.9. The summed E-state index contributed by atoms with van der Waals surface area (Å²) in [5.41, 5.74) is 1.97. The van der Waals surface area contributed by atoms with Crippen LogP contribution < -0.4 is 10.2 Å². The Labute approximate surface area is 128 Å². The first-order valence-electron chi connectivity index (χ1n) is 6.99. The Bertz CT molecular complexity index is 483. The summed E-state index contributed by atoms with van der Waals surface area (Å²) in [6.07, 6.45) is 0.438. The van der Waals surface area contributed by atoms with Crippen LogP contribution in [0.3, 0.4) is 0 Å². The van der Waals surface area contributed by atoms with Crippen LogP contribution in [0, 0.1) is 6.92 Å². The molecule has 2 rings (SSSR count). The molecule has 1 aromatic carbocycles. The summed E-state index contributed by atoms with van der Waals surface area (Å²) in [6.45, 7) is 8.40. The molecular formula is C15H22BrN2O2+. The number of carbonyl (C=O) groups is 1. The van der Waals surface area contributed by atoms with Crippen molar-refractivity contribution in [3.63, 3.8) is 0 Å². The molecule has 0 bridgehead atoms. The Hall–Kier alpha value is -0.910. The van der Waals surface area contributed by atoms with Gasteiger partial charge >= 0.3 is 0 Å². The van der Waals surface area contributed by atoms with E-state index in [1.807, 2.05) is 25.1 Å². The quantitative estimate of drug-likeness (QED) is 0.872. The summed E-state index contributed by atoms with van der Waals surface area (Å²) < 4.78 is 6.74. The second-order valence-corrected chi connectivity index (χ2v) is 6.46. The lowest BCUT2D eigenvalue weighted by Gasteiger charge is -2.31. The van der Waals surface area contributed by atoms with Crippen LogP contribution in [0.4, 0.5) is 5.69 Å². The van der Waals surface area contributed by atoms with Gasteiger partial charge in [0, 0.05) is 10.2 Å². The molecule has 2 N–H and O–H groups in total. The molecule has 1 heterocycles. The Kier molecular flexibility index (Phi) is 5.18. The molecule has 20 heavy (non-hydrogen) atoms. The van der Waals surface area contributed by atoms with Crippen molar-refractivity contribution in [1.29, 1.82) is 0 Å². The largest absolute Gasteiger partial charge is 0.364 e. The third-order valence-electron chi connectivity index (χ3n) is 3.47. The number of quaternary nitrogens is 1. The van der Waals surface area contributed by atoms with Gasteiger partial charge in [-0.3, -0.25) is 4.79 Å². The summed E-state index contributed by atoms with van der Waals surface area (Å²) >= 11 is 3.46. The molecule has 0 radical (unpaired) electrons. The number of anilines is 1. The number of carbonyl (C=O) groups excluding carboxylic acids is 1. The smallest absolute Gasteiger partial charge is 0.279 e. The molecule has 1 aliphatic heterocycles. The predicted octanol–water partition coefficient (Wildman–Crippen LogP) is 1.39. The van der Waals surface area contributed by atoms with Gasteiger partial charge in [0.15, 0.2) is 6.54 Å². The average molecular weight is 342 g/mol. The minimum Gasteiger partial charge on any atom is -0.364 e. The zero-order valence-electron chi connectivity index (χ0n) is 12.2. The van der Waals surface area contributed by atoms with Gasteiger partial charge < -0.3 is 15.0 Å². The van der Waals surface area contributed by atoms with Crippen molar-refractivity contribution >= 4 is 27.5 Å². The van der Waals surface area contributed by atoms with E-state index in [4.69, 9.17) is 4.74 Å². The lowest BCUT2D eigenvalue weighted by atomic mass is 10.2. The fraction of sp³-hybridized carbons (Fsp3) is 0.533. The highest BCUT2D eigenvalue weighted by molar-refractivity contribution is 9.10. The van der Waals surface area contributed by atoms with Gasteiger partial charge in [-0.2, -0.15) is 0 Å². The van der Waals surface area contributed by atoms with Crippen LogP contribution in [0.15, 0.2) is 22.7 Å². The van der Waals surface area contributed by atoms with Gasteiger partial charge in [-0.05, 0) is 44.5 Å². The maximum atomic E-state index is 12.1. The molecule has 1 saturated heterocycles. The van der Waals surface area contributed by atoms with Crippen molar-refractivity contribution in [3.05, 3.63) is 28.2 Å². The molecule has 4 nitrogen and oxygen atoms in total. The van der Waals surface area contributed by atoms with E-state index >= 15 is 0 Å². The number of hydrogen-bond donors (Lipinski definition) is 2. The second-order valence-electron chi connectivity index (χ2n) is 5.60. The molecule has 1 amide bonds. The third-order valence-corrected chi connectivity index (χ3v) is 4.36. The van der Waals surface area contributed by atoms with Crippen LogP contribution in [0.25, 0.3) is 0 Å². The van der Waals surface area contributed by atoms with E-state index in [0.717, 1.165) is 28.8 Å². The molecule has 1 aliphatic rings. The van der Waals surface area contributed by atoms with Crippen LogP contribution in [-0.2, 0) is 9.53 Å². The van der Waals surface area contributed by atoms with Gasteiger partial charge in [0.05, 0.1) is 0 Å². The summed E-state index contributed by atoms with van der Waals surface area (Å²) in [4.78, 5) is 13.4. The highest BCUT2D eigenvalue weighted by Gasteiger charge is 2.27. The molecule has 5 heteroatoms. The van der Waals surface area contributed by atoms with Crippen LogP contribution >= 0.6 is 15.9 Å².